The molecule has 0 aromatic rings. The molecule has 63 valence electrons. The second-order valence-electron chi connectivity index (χ2n) is 3.80. The fourth-order valence-electron chi connectivity index (χ4n) is 2.22. The molecule has 1 aliphatic carbocycles. The van der Waals surface area contributed by atoms with Crippen molar-refractivity contribution >= 4 is 0 Å². The summed E-state index contributed by atoms with van der Waals surface area (Å²) in [5.41, 5.74) is 7.15. The van der Waals surface area contributed by atoms with Crippen LogP contribution in [0.1, 0.15) is 38.5 Å². The largest absolute Gasteiger partial charge is 0.257 e. The maximum Gasteiger partial charge on any atom is 0.0336 e. The summed E-state index contributed by atoms with van der Waals surface area (Å²) in [5.74, 6) is 0. The highest BCUT2D eigenvalue weighted by Gasteiger charge is 2.33. The van der Waals surface area contributed by atoms with Crippen LogP contribution in [0, 0.1) is 6.42 Å². The topological polar surface area (TPSA) is 24.1 Å². The summed E-state index contributed by atoms with van der Waals surface area (Å²) in [6.07, 6.45) is 10.4. The molecule has 1 saturated carbocycles. The summed E-state index contributed by atoms with van der Waals surface area (Å²) in [6.45, 7) is 1.15. The van der Waals surface area contributed by atoms with Gasteiger partial charge in [0.25, 0.3) is 0 Å². The summed E-state index contributed by atoms with van der Waals surface area (Å²) in [7, 11) is 0. The first-order valence-corrected chi connectivity index (χ1v) is 4.73. The molecule has 0 bridgehead atoms. The Labute approximate surface area is 68.7 Å². The van der Waals surface area contributed by atoms with Gasteiger partial charge in [-0.15, -0.1) is 0 Å². The first-order chi connectivity index (χ1) is 5.41. The lowest BCUT2D eigenvalue weighted by molar-refractivity contribution is 0.314. The Morgan fingerprint density at radius 2 is 2.09 bits per heavy atom. The van der Waals surface area contributed by atoms with E-state index in [1.165, 1.54) is 38.5 Å². The minimum Gasteiger partial charge on any atom is -0.257 e. The molecule has 0 aromatic heterocycles. The quantitative estimate of drug-likeness (QED) is 0.549. The highest BCUT2D eigenvalue weighted by atomic mass is 15.4. The van der Waals surface area contributed by atoms with E-state index in [9.17, 15) is 0 Å². The molecule has 0 amide bonds. The molecular weight excluding hydrogens is 136 g/mol. The van der Waals surface area contributed by atoms with Crippen LogP contribution in [0.25, 0.3) is 0 Å². The zero-order chi connectivity index (χ0) is 7.57. The molecule has 1 atom stereocenters. The van der Waals surface area contributed by atoms with Gasteiger partial charge in [-0.2, -0.15) is 0 Å². The van der Waals surface area contributed by atoms with E-state index >= 15 is 0 Å². The van der Waals surface area contributed by atoms with E-state index in [4.69, 9.17) is 0 Å². The Kier molecular flexibility index (Phi) is 2.14. The highest BCUT2D eigenvalue weighted by molar-refractivity contribution is 4.94. The predicted molar refractivity (Wildman–Crippen MR) is 45.9 cm³/mol. The zero-order valence-corrected chi connectivity index (χ0v) is 7.03. The summed E-state index contributed by atoms with van der Waals surface area (Å²) >= 11 is 0. The van der Waals surface area contributed by atoms with E-state index in [2.05, 4.69) is 17.3 Å². The van der Waals surface area contributed by atoms with Crippen LogP contribution in [0.15, 0.2) is 0 Å². The van der Waals surface area contributed by atoms with Gasteiger partial charge in [0.05, 0.1) is 0 Å². The van der Waals surface area contributed by atoms with E-state index in [-0.39, 0.29) is 0 Å². The molecule has 11 heavy (non-hydrogen) atoms. The van der Waals surface area contributed by atoms with Gasteiger partial charge < -0.3 is 0 Å². The Morgan fingerprint density at radius 1 is 1.09 bits per heavy atom. The molecule has 1 unspecified atom stereocenters. The fourth-order valence-corrected chi connectivity index (χ4v) is 2.22. The third kappa shape index (κ3) is 1.57. The Hall–Kier alpha value is -0.0800. The molecule has 2 nitrogen and oxygen atoms in total. The lowest BCUT2D eigenvalue weighted by Gasteiger charge is -2.26. The smallest absolute Gasteiger partial charge is 0.0336 e. The van der Waals surface area contributed by atoms with Gasteiger partial charge >= 0.3 is 0 Å². The number of hydrogen-bond acceptors (Lipinski definition) is 2. The molecule has 1 spiro atoms. The van der Waals surface area contributed by atoms with Gasteiger partial charge in [-0.3, -0.25) is 10.9 Å². The summed E-state index contributed by atoms with van der Waals surface area (Å²) in [6, 6.07) is 0. The molecule has 1 radical (unpaired) electrons. The first-order valence-electron chi connectivity index (χ1n) is 4.73. The van der Waals surface area contributed by atoms with Crippen molar-refractivity contribution in [3.8, 4) is 0 Å². The van der Waals surface area contributed by atoms with Crippen LogP contribution in [-0.2, 0) is 0 Å². The molecule has 1 saturated heterocycles. The van der Waals surface area contributed by atoms with E-state index in [1.807, 2.05) is 0 Å². The van der Waals surface area contributed by atoms with Crippen LogP contribution in [0.5, 0.6) is 0 Å². The number of rotatable bonds is 0. The SMILES string of the molecule is [CH]1CCCC2(CC1)CCNN2. The highest BCUT2D eigenvalue weighted by Crippen LogP contribution is 2.30. The van der Waals surface area contributed by atoms with Gasteiger partial charge in [0.2, 0.25) is 0 Å². The van der Waals surface area contributed by atoms with Crippen LogP contribution in [0.4, 0.5) is 0 Å². The van der Waals surface area contributed by atoms with Crippen molar-refractivity contribution in [3.63, 3.8) is 0 Å². The first kappa shape index (κ1) is 7.56. The van der Waals surface area contributed by atoms with Crippen LogP contribution >= 0.6 is 0 Å². The average molecular weight is 153 g/mol. The second-order valence-corrected chi connectivity index (χ2v) is 3.80. The predicted octanol–water partition coefficient (Wildman–Crippen LogP) is 1.39. The van der Waals surface area contributed by atoms with E-state index < -0.39 is 0 Å². The average Bonchev–Trinajstić information content (AvgIpc) is 2.32. The zero-order valence-electron chi connectivity index (χ0n) is 7.03. The second kappa shape index (κ2) is 3.11. The molecule has 2 N–H and O–H groups in total. The molecule has 1 aliphatic heterocycles. The monoisotopic (exact) mass is 153 g/mol. The van der Waals surface area contributed by atoms with Crippen molar-refractivity contribution in [2.24, 2.45) is 0 Å². The normalized spacial score (nSPS) is 30.5. The lowest BCUT2D eigenvalue weighted by atomic mass is 9.89. The van der Waals surface area contributed by atoms with E-state index in [1.54, 1.807) is 0 Å². The fraction of sp³-hybridized carbons (Fsp3) is 0.889. The molecule has 2 heteroatoms. The summed E-state index contributed by atoms with van der Waals surface area (Å²) in [4.78, 5) is 0. The minimum absolute atomic E-state index is 0.465. The van der Waals surface area contributed by atoms with Crippen LogP contribution in [0.2, 0.25) is 0 Å². The molecule has 1 heterocycles. The third-order valence-electron chi connectivity index (χ3n) is 2.97. The van der Waals surface area contributed by atoms with Crippen molar-refractivity contribution in [2.45, 2.75) is 44.1 Å². The van der Waals surface area contributed by atoms with Crippen molar-refractivity contribution < 1.29 is 0 Å². The van der Waals surface area contributed by atoms with Gasteiger partial charge in [0, 0.05) is 12.1 Å². The molecular formula is C9H17N2. The van der Waals surface area contributed by atoms with Gasteiger partial charge in [-0.25, -0.2) is 0 Å². The van der Waals surface area contributed by atoms with Crippen LogP contribution in [-0.4, -0.2) is 12.1 Å². The van der Waals surface area contributed by atoms with Gasteiger partial charge in [0.1, 0.15) is 0 Å². The number of nitrogens with one attached hydrogen (secondary N) is 2. The maximum absolute atomic E-state index is 3.44. The van der Waals surface area contributed by atoms with Gasteiger partial charge in [-0.05, 0) is 32.1 Å². The molecule has 2 aliphatic rings. The van der Waals surface area contributed by atoms with Crippen molar-refractivity contribution in [1.29, 1.82) is 0 Å². The number of hydrogen-bond donors (Lipinski definition) is 2. The van der Waals surface area contributed by atoms with Gasteiger partial charge in [0.15, 0.2) is 0 Å². The molecule has 2 fully saturated rings. The minimum atomic E-state index is 0.465. The lowest BCUT2D eigenvalue weighted by Crippen LogP contribution is -2.43. The summed E-state index contributed by atoms with van der Waals surface area (Å²) in [5, 5.41) is 0. The van der Waals surface area contributed by atoms with Crippen LogP contribution in [0.3, 0.4) is 0 Å². The van der Waals surface area contributed by atoms with Crippen molar-refractivity contribution in [1.82, 2.24) is 10.9 Å². The van der Waals surface area contributed by atoms with Gasteiger partial charge in [-0.1, -0.05) is 12.8 Å². The Morgan fingerprint density at radius 3 is 2.91 bits per heavy atom. The molecule has 2 rings (SSSR count). The van der Waals surface area contributed by atoms with E-state index in [0.29, 0.717) is 5.54 Å². The molecule has 0 aromatic carbocycles. The maximum atomic E-state index is 3.44. The van der Waals surface area contributed by atoms with Crippen LogP contribution < -0.4 is 10.9 Å². The number of hydrazine groups is 1. The van der Waals surface area contributed by atoms with E-state index in [0.717, 1.165) is 6.54 Å². The van der Waals surface area contributed by atoms with Crippen molar-refractivity contribution in [2.75, 3.05) is 6.54 Å². The summed E-state index contributed by atoms with van der Waals surface area (Å²) < 4.78 is 0. The Bertz CT molecular complexity index is 118. The van der Waals surface area contributed by atoms with Crippen molar-refractivity contribution in [3.05, 3.63) is 6.42 Å². The Balaban J connectivity index is 1.97. The third-order valence-corrected chi connectivity index (χ3v) is 2.97. The standard InChI is InChI=1S/C9H17N2/c1-2-4-6-9(5-3-1)7-8-10-11-9/h1,10-11H,2-8H2.